The standard InChI is InChI=1S/C27H30N4O3S/c1-16-5-7-29-21(11-18-13-28-9-10-34-18)23(16)20-6-8-30-22-12-19(35-25(20)22)14-31(15-32)26(33)24-17(2)27(24,3)4/h5-8,12,15,18,24,28H,2,9-11,13-14H2,1,3-4H3. The Kier molecular flexibility index (Phi) is 6.29. The minimum absolute atomic E-state index is 0.0848. The number of amides is 2. The number of pyridine rings is 2. The summed E-state index contributed by atoms with van der Waals surface area (Å²) in [5, 5.41) is 3.39. The van der Waals surface area contributed by atoms with Crippen molar-refractivity contribution in [3.05, 3.63) is 58.9 Å². The molecular weight excluding hydrogens is 460 g/mol. The van der Waals surface area contributed by atoms with Gasteiger partial charge in [-0.15, -0.1) is 11.3 Å². The Hall–Kier alpha value is -2.94. The number of aryl methyl sites for hydroxylation is 1. The first-order chi connectivity index (χ1) is 16.8. The molecule has 7 nitrogen and oxygen atoms in total. The minimum atomic E-state index is -0.298. The van der Waals surface area contributed by atoms with Crippen LogP contribution in [0.4, 0.5) is 0 Å². The highest BCUT2D eigenvalue weighted by Gasteiger charge is 2.56. The van der Waals surface area contributed by atoms with Crippen molar-refractivity contribution < 1.29 is 14.3 Å². The first-order valence-corrected chi connectivity index (χ1v) is 12.7. The molecule has 4 heterocycles. The topological polar surface area (TPSA) is 84.4 Å². The fourth-order valence-corrected chi connectivity index (χ4v) is 6.09. The Bertz CT molecular complexity index is 1310. The third kappa shape index (κ3) is 4.42. The molecule has 1 N–H and O–H groups in total. The smallest absolute Gasteiger partial charge is 0.237 e. The predicted molar refractivity (Wildman–Crippen MR) is 137 cm³/mol. The van der Waals surface area contributed by atoms with Crippen LogP contribution in [0.25, 0.3) is 21.3 Å². The molecule has 1 saturated heterocycles. The number of carbonyl (C=O) groups is 2. The van der Waals surface area contributed by atoms with Crippen LogP contribution in [0, 0.1) is 18.3 Å². The van der Waals surface area contributed by atoms with E-state index in [1.54, 1.807) is 11.3 Å². The van der Waals surface area contributed by atoms with Gasteiger partial charge in [0, 0.05) is 53.3 Å². The lowest BCUT2D eigenvalue weighted by Crippen LogP contribution is -2.39. The summed E-state index contributed by atoms with van der Waals surface area (Å²) in [7, 11) is 0. The molecule has 182 valence electrons. The van der Waals surface area contributed by atoms with Gasteiger partial charge in [-0.1, -0.05) is 26.0 Å². The number of aromatic nitrogens is 2. The quantitative estimate of drug-likeness (QED) is 0.400. The second-order valence-corrected chi connectivity index (χ2v) is 11.0. The molecule has 2 unspecified atom stereocenters. The van der Waals surface area contributed by atoms with E-state index in [9.17, 15) is 9.59 Å². The van der Waals surface area contributed by atoms with Gasteiger partial charge in [-0.25, -0.2) is 0 Å². The van der Waals surface area contributed by atoms with Crippen LogP contribution in [0.3, 0.4) is 0 Å². The van der Waals surface area contributed by atoms with E-state index in [0.29, 0.717) is 13.0 Å². The summed E-state index contributed by atoms with van der Waals surface area (Å²) < 4.78 is 6.97. The number of ether oxygens (including phenoxy) is 1. The fourth-order valence-electron chi connectivity index (χ4n) is 4.96. The van der Waals surface area contributed by atoms with E-state index in [4.69, 9.17) is 9.72 Å². The van der Waals surface area contributed by atoms with Crippen molar-refractivity contribution >= 4 is 33.9 Å². The lowest BCUT2D eigenvalue weighted by atomic mass is 9.96. The third-order valence-corrected chi connectivity index (χ3v) is 8.34. The molecule has 5 rings (SSSR count). The van der Waals surface area contributed by atoms with E-state index in [1.165, 1.54) is 4.90 Å². The number of thiophene rings is 1. The zero-order valence-corrected chi connectivity index (χ0v) is 21.2. The van der Waals surface area contributed by atoms with Gasteiger partial charge in [0.1, 0.15) is 0 Å². The van der Waals surface area contributed by atoms with Crippen molar-refractivity contribution in [2.24, 2.45) is 11.3 Å². The SMILES string of the molecule is C=C1C(C(=O)N(C=O)Cc2cc3nccc(-c4c(C)ccnc4CC4CNCCO4)c3s2)C1(C)C. The van der Waals surface area contributed by atoms with E-state index in [1.807, 2.05) is 44.4 Å². The van der Waals surface area contributed by atoms with Gasteiger partial charge >= 0.3 is 0 Å². The average Bonchev–Trinajstić information content (AvgIpc) is 3.15. The molecule has 3 aromatic rings. The minimum Gasteiger partial charge on any atom is -0.375 e. The van der Waals surface area contributed by atoms with Gasteiger partial charge in [0.15, 0.2) is 0 Å². The van der Waals surface area contributed by atoms with Gasteiger partial charge < -0.3 is 10.1 Å². The molecule has 0 spiro atoms. The molecule has 0 aromatic carbocycles. The molecule has 2 fully saturated rings. The summed E-state index contributed by atoms with van der Waals surface area (Å²) in [6.45, 7) is 12.7. The highest BCUT2D eigenvalue weighted by atomic mass is 32.1. The second kappa shape index (κ2) is 9.26. The monoisotopic (exact) mass is 490 g/mol. The summed E-state index contributed by atoms with van der Waals surface area (Å²) in [6.07, 6.45) is 5.10. The molecule has 2 aliphatic rings. The molecule has 1 aliphatic heterocycles. The Morgan fingerprint density at radius 1 is 1.34 bits per heavy atom. The van der Waals surface area contributed by atoms with Crippen molar-refractivity contribution in [3.8, 4) is 11.1 Å². The molecule has 0 bridgehead atoms. The van der Waals surface area contributed by atoms with Crippen LogP contribution < -0.4 is 5.32 Å². The molecule has 0 radical (unpaired) electrons. The van der Waals surface area contributed by atoms with Gasteiger partial charge in [-0.2, -0.15) is 0 Å². The maximum Gasteiger partial charge on any atom is 0.237 e. The molecule has 35 heavy (non-hydrogen) atoms. The predicted octanol–water partition coefficient (Wildman–Crippen LogP) is 3.89. The highest BCUT2D eigenvalue weighted by molar-refractivity contribution is 7.19. The molecule has 1 saturated carbocycles. The van der Waals surface area contributed by atoms with Gasteiger partial charge in [-0.3, -0.25) is 24.5 Å². The number of hydrogen-bond acceptors (Lipinski definition) is 7. The second-order valence-electron chi connectivity index (χ2n) is 9.89. The first kappa shape index (κ1) is 23.8. The Labute approximate surface area is 209 Å². The number of fused-ring (bicyclic) bond motifs is 1. The van der Waals surface area contributed by atoms with Crippen LogP contribution in [-0.4, -0.2) is 53.0 Å². The molecule has 3 aromatic heterocycles. The molecule has 2 atom stereocenters. The average molecular weight is 491 g/mol. The Morgan fingerprint density at radius 3 is 2.80 bits per heavy atom. The van der Waals surface area contributed by atoms with Crippen LogP contribution in [0.1, 0.15) is 30.0 Å². The van der Waals surface area contributed by atoms with Gasteiger partial charge in [-0.05, 0) is 30.7 Å². The fraction of sp³-hybridized carbons (Fsp3) is 0.407. The van der Waals surface area contributed by atoms with E-state index >= 15 is 0 Å². The number of morpholine rings is 1. The van der Waals surface area contributed by atoms with Crippen molar-refractivity contribution in [3.63, 3.8) is 0 Å². The number of imide groups is 1. The van der Waals surface area contributed by atoms with Crippen LogP contribution in [0.5, 0.6) is 0 Å². The Morgan fingerprint density at radius 2 is 2.11 bits per heavy atom. The van der Waals surface area contributed by atoms with Gasteiger partial charge in [0.2, 0.25) is 12.3 Å². The summed E-state index contributed by atoms with van der Waals surface area (Å²) in [5.41, 5.74) is 5.78. The molecule has 2 amide bonds. The molecule has 1 aliphatic carbocycles. The zero-order chi connectivity index (χ0) is 24.7. The third-order valence-electron chi connectivity index (χ3n) is 7.19. The van der Waals surface area contributed by atoms with Gasteiger partial charge in [0.25, 0.3) is 0 Å². The lowest BCUT2D eigenvalue weighted by Gasteiger charge is -2.24. The molecule has 8 heteroatoms. The van der Waals surface area contributed by atoms with Crippen LogP contribution in [0.15, 0.2) is 42.7 Å². The van der Waals surface area contributed by atoms with Crippen molar-refractivity contribution in [1.82, 2.24) is 20.2 Å². The normalized spacial score (nSPS) is 21.2. The lowest BCUT2D eigenvalue weighted by molar-refractivity contribution is -0.140. The number of hydrogen-bond donors (Lipinski definition) is 1. The number of rotatable bonds is 7. The summed E-state index contributed by atoms with van der Waals surface area (Å²) in [4.78, 5) is 36.2. The van der Waals surface area contributed by atoms with Crippen LogP contribution in [-0.2, 0) is 27.3 Å². The summed E-state index contributed by atoms with van der Waals surface area (Å²) in [6, 6.07) is 6.02. The maximum atomic E-state index is 12.9. The number of nitrogens with zero attached hydrogens (tertiary/aromatic N) is 3. The maximum absolute atomic E-state index is 12.9. The van der Waals surface area contributed by atoms with Crippen molar-refractivity contribution in [2.75, 3.05) is 19.7 Å². The zero-order valence-electron chi connectivity index (χ0n) is 20.3. The van der Waals surface area contributed by atoms with Crippen molar-refractivity contribution in [2.45, 2.75) is 39.8 Å². The van der Waals surface area contributed by atoms with Gasteiger partial charge in [0.05, 0.1) is 41.1 Å². The number of carbonyl (C=O) groups excluding carboxylic acids is 2. The Balaban J connectivity index is 1.47. The van der Waals surface area contributed by atoms with E-state index in [-0.39, 0.29) is 29.9 Å². The highest BCUT2D eigenvalue weighted by Crippen LogP contribution is 2.57. The largest absolute Gasteiger partial charge is 0.375 e. The summed E-state index contributed by atoms with van der Waals surface area (Å²) >= 11 is 1.57. The van der Waals surface area contributed by atoms with E-state index < -0.39 is 0 Å². The van der Waals surface area contributed by atoms with E-state index in [0.717, 1.165) is 62.6 Å². The van der Waals surface area contributed by atoms with Crippen LogP contribution >= 0.6 is 11.3 Å². The number of nitrogens with one attached hydrogen (secondary N) is 1. The van der Waals surface area contributed by atoms with Crippen LogP contribution in [0.2, 0.25) is 0 Å². The van der Waals surface area contributed by atoms with E-state index in [2.05, 4.69) is 23.8 Å². The first-order valence-electron chi connectivity index (χ1n) is 11.9. The summed E-state index contributed by atoms with van der Waals surface area (Å²) in [5.74, 6) is -0.486. The van der Waals surface area contributed by atoms with Crippen molar-refractivity contribution in [1.29, 1.82) is 0 Å². The molecular formula is C27H30N4O3S.